The van der Waals surface area contributed by atoms with Crippen molar-refractivity contribution in [3.8, 4) is 0 Å². The van der Waals surface area contributed by atoms with Gasteiger partial charge in [0, 0.05) is 13.0 Å². The van der Waals surface area contributed by atoms with Gasteiger partial charge >= 0.3 is 0 Å². The van der Waals surface area contributed by atoms with Crippen molar-refractivity contribution in [2.45, 2.75) is 25.8 Å². The minimum atomic E-state index is -0.690. The van der Waals surface area contributed by atoms with Gasteiger partial charge < -0.3 is 10.6 Å². The predicted molar refractivity (Wildman–Crippen MR) is 72.0 cm³/mol. The first-order valence-corrected chi connectivity index (χ1v) is 6.45. The molecule has 0 spiro atoms. The van der Waals surface area contributed by atoms with Crippen LogP contribution in [0.25, 0.3) is 0 Å². The topological polar surface area (TPSA) is 100 Å². The normalized spacial score (nSPS) is 18.4. The third-order valence-electron chi connectivity index (χ3n) is 2.88. The van der Waals surface area contributed by atoms with E-state index in [2.05, 4.69) is 20.9 Å². The van der Waals surface area contributed by atoms with Gasteiger partial charge in [-0.3, -0.25) is 19.7 Å². The molecule has 1 aliphatic heterocycles. The Hall–Kier alpha value is -2.44. The highest BCUT2D eigenvalue weighted by Crippen LogP contribution is 2.08. The summed E-state index contributed by atoms with van der Waals surface area (Å²) in [6, 6.07) is 4.35. The van der Waals surface area contributed by atoms with E-state index >= 15 is 0 Å². The van der Waals surface area contributed by atoms with E-state index in [1.165, 1.54) is 0 Å². The third-order valence-corrected chi connectivity index (χ3v) is 2.88. The maximum absolute atomic E-state index is 12.0. The fourth-order valence-corrected chi connectivity index (χ4v) is 1.90. The largest absolute Gasteiger partial charge is 0.370 e. The highest BCUT2D eigenvalue weighted by atomic mass is 16.2. The van der Waals surface area contributed by atoms with Crippen molar-refractivity contribution in [3.05, 3.63) is 23.9 Å². The van der Waals surface area contributed by atoms with E-state index in [0.29, 0.717) is 18.8 Å². The highest BCUT2D eigenvalue weighted by molar-refractivity contribution is 6.03. The van der Waals surface area contributed by atoms with Crippen LogP contribution in [-0.2, 0) is 9.59 Å². The summed E-state index contributed by atoms with van der Waals surface area (Å²) in [7, 11) is 0. The zero-order valence-electron chi connectivity index (χ0n) is 11.1. The van der Waals surface area contributed by atoms with Crippen LogP contribution in [0.1, 0.15) is 30.3 Å². The second-order valence-electron chi connectivity index (χ2n) is 4.42. The van der Waals surface area contributed by atoms with Gasteiger partial charge in [-0.05, 0) is 25.5 Å². The average Bonchev–Trinajstić information content (AvgIpc) is 2.42. The fourth-order valence-electron chi connectivity index (χ4n) is 1.90. The predicted octanol–water partition coefficient (Wildman–Crippen LogP) is 0.0484. The molecule has 1 aromatic heterocycles. The van der Waals surface area contributed by atoms with Crippen molar-refractivity contribution >= 4 is 23.5 Å². The number of hydrogen-bond acceptors (Lipinski definition) is 5. The molecule has 0 saturated carbocycles. The number of imide groups is 1. The summed E-state index contributed by atoms with van der Waals surface area (Å²) in [5, 5.41) is 7.78. The molecular weight excluding hydrogens is 260 g/mol. The van der Waals surface area contributed by atoms with E-state index in [1.807, 2.05) is 6.92 Å². The number of carbonyl (C=O) groups is 3. The third kappa shape index (κ3) is 3.31. The van der Waals surface area contributed by atoms with E-state index in [0.717, 1.165) is 0 Å². The first kappa shape index (κ1) is 14.0. The zero-order chi connectivity index (χ0) is 14.5. The monoisotopic (exact) mass is 276 g/mol. The molecule has 1 unspecified atom stereocenters. The van der Waals surface area contributed by atoms with Crippen molar-refractivity contribution in [1.29, 1.82) is 0 Å². The van der Waals surface area contributed by atoms with Crippen molar-refractivity contribution < 1.29 is 14.4 Å². The van der Waals surface area contributed by atoms with Crippen molar-refractivity contribution in [2.24, 2.45) is 0 Å². The summed E-state index contributed by atoms with van der Waals surface area (Å²) < 4.78 is 0. The number of nitrogens with one attached hydrogen (secondary N) is 3. The van der Waals surface area contributed by atoms with Gasteiger partial charge in [0.05, 0.1) is 0 Å². The van der Waals surface area contributed by atoms with E-state index < -0.39 is 17.9 Å². The van der Waals surface area contributed by atoms with Crippen LogP contribution < -0.4 is 16.0 Å². The quantitative estimate of drug-likeness (QED) is 0.675. The van der Waals surface area contributed by atoms with Gasteiger partial charge in [0.15, 0.2) is 0 Å². The average molecular weight is 276 g/mol. The maximum atomic E-state index is 12.0. The molecule has 3 amide bonds. The summed E-state index contributed by atoms with van der Waals surface area (Å²) in [6.07, 6.45) is 0.533. The van der Waals surface area contributed by atoms with Gasteiger partial charge in [-0.25, -0.2) is 4.98 Å². The lowest BCUT2D eigenvalue weighted by Crippen LogP contribution is -2.52. The van der Waals surface area contributed by atoms with Gasteiger partial charge in [-0.2, -0.15) is 0 Å². The lowest BCUT2D eigenvalue weighted by Gasteiger charge is -2.21. The molecule has 0 bridgehead atoms. The molecular formula is C13H16N4O3. The van der Waals surface area contributed by atoms with Crippen LogP contribution in [0, 0.1) is 0 Å². The maximum Gasteiger partial charge on any atom is 0.270 e. The van der Waals surface area contributed by atoms with Crippen LogP contribution in [0.4, 0.5) is 5.82 Å². The Morgan fingerprint density at radius 1 is 1.45 bits per heavy atom. The Kier molecular flexibility index (Phi) is 4.29. The van der Waals surface area contributed by atoms with E-state index in [-0.39, 0.29) is 18.0 Å². The summed E-state index contributed by atoms with van der Waals surface area (Å²) in [4.78, 5) is 38.8. The molecule has 1 atom stereocenters. The Morgan fingerprint density at radius 2 is 2.25 bits per heavy atom. The first-order valence-electron chi connectivity index (χ1n) is 6.45. The van der Waals surface area contributed by atoms with E-state index in [9.17, 15) is 14.4 Å². The number of piperidine rings is 1. The molecule has 1 aliphatic rings. The molecule has 3 N–H and O–H groups in total. The Bertz CT molecular complexity index is 544. The molecule has 0 radical (unpaired) electrons. The Morgan fingerprint density at radius 3 is 2.95 bits per heavy atom. The van der Waals surface area contributed by atoms with Crippen LogP contribution in [-0.4, -0.2) is 35.3 Å². The number of rotatable bonds is 4. The minimum Gasteiger partial charge on any atom is -0.370 e. The molecule has 1 aromatic rings. The molecule has 1 fully saturated rings. The zero-order valence-corrected chi connectivity index (χ0v) is 11.1. The molecule has 0 aliphatic carbocycles. The van der Waals surface area contributed by atoms with Gasteiger partial charge in [0.1, 0.15) is 17.6 Å². The number of pyridine rings is 1. The number of nitrogens with zero attached hydrogens (tertiary/aromatic N) is 1. The van der Waals surface area contributed by atoms with Gasteiger partial charge in [0.2, 0.25) is 11.8 Å². The lowest BCUT2D eigenvalue weighted by molar-refractivity contribution is -0.134. The summed E-state index contributed by atoms with van der Waals surface area (Å²) >= 11 is 0. The van der Waals surface area contributed by atoms with E-state index in [4.69, 9.17) is 0 Å². The summed E-state index contributed by atoms with van der Waals surface area (Å²) in [5.41, 5.74) is 0.230. The van der Waals surface area contributed by atoms with Crippen LogP contribution in [0.2, 0.25) is 0 Å². The van der Waals surface area contributed by atoms with Crippen molar-refractivity contribution in [2.75, 3.05) is 11.9 Å². The minimum absolute atomic E-state index is 0.224. The standard InChI is InChI=1S/C13H16N4O3/c1-2-14-10-5-3-4-8(15-10)12(19)16-9-6-7-11(18)17-13(9)20/h3-5,9H,2,6-7H2,1H3,(H,14,15)(H,16,19)(H,17,18,20). The highest BCUT2D eigenvalue weighted by Gasteiger charge is 2.28. The fraction of sp³-hybridized carbons (Fsp3) is 0.385. The number of hydrogen-bond donors (Lipinski definition) is 3. The molecule has 7 nitrogen and oxygen atoms in total. The lowest BCUT2D eigenvalue weighted by atomic mass is 10.1. The van der Waals surface area contributed by atoms with Gasteiger partial charge in [-0.1, -0.05) is 6.07 Å². The molecule has 0 aromatic carbocycles. The van der Waals surface area contributed by atoms with Gasteiger partial charge in [0.25, 0.3) is 5.91 Å². The van der Waals surface area contributed by atoms with Crippen molar-refractivity contribution in [1.82, 2.24) is 15.6 Å². The molecule has 106 valence electrons. The number of anilines is 1. The van der Waals surface area contributed by atoms with Gasteiger partial charge in [-0.15, -0.1) is 0 Å². The second kappa shape index (κ2) is 6.14. The van der Waals surface area contributed by atoms with Crippen LogP contribution in [0.5, 0.6) is 0 Å². The first-order chi connectivity index (χ1) is 9.60. The number of carbonyl (C=O) groups excluding carboxylic acids is 3. The van der Waals surface area contributed by atoms with Crippen LogP contribution in [0.15, 0.2) is 18.2 Å². The SMILES string of the molecule is CCNc1cccc(C(=O)NC2CCC(=O)NC2=O)n1. The molecule has 2 heterocycles. The van der Waals surface area contributed by atoms with Crippen molar-refractivity contribution in [3.63, 3.8) is 0 Å². The summed E-state index contributed by atoms with van der Waals surface area (Å²) in [5.74, 6) is -0.618. The van der Waals surface area contributed by atoms with Crippen LogP contribution >= 0.6 is 0 Å². The molecule has 1 saturated heterocycles. The van der Waals surface area contributed by atoms with E-state index in [1.54, 1.807) is 18.2 Å². The smallest absolute Gasteiger partial charge is 0.270 e. The molecule has 7 heteroatoms. The van der Waals surface area contributed by atoms with Crippen LogP contribution in [0.3, 0.4) is 0 Å². The number of aromatic nitrogens is 1. The molecule has 20 heavy (non-hydrogen) atoms. The second-order valence-corrected chi connectivity index (χ2v) is 4.42. The Balaban J connectivity index is 2.02. The Labute approximate surface area is 116 Å². The summed E-state index contributed by atoms with van der Waals surface area (Å²) in [6.45, 7) is 2.63. The molecule has 2 rings (SSSR count). The number of amides is 3.